The van der Waals surface area contributed by atoms with Crippen molar-refractivity contribution >= 4 is 50.8 Å². The van der Waals surface area contributed by atoms with Crippen molar-refractivity contribution < 1.29 is 4.79 Å². The van der Waals surface area contributed by atoms with E-state index in [-0.39, 0.29) is 16.7 Å². The Labute approximate surface area is 177 Å². The van der Waals surface area contributed by atoms with Crippen LogP contribution in [0.25, 0.3) is 10.2 Å². The number of thioether (sulfide) groups is 1. The number of aromatic nitrogens is 2. The van der Waals surface area contributed by atoms with Crippen molar-refractivity contribution in [3.63, 3.8) is 0 Å². The molecule has 0 aliphatic carbocycles. The molecule has 0 saturated heterocycles. The predicted octanol–water partition coefficient (Wildman–Crippen LogP) is 4.54. The summed E-state index contributed by atoms with van der Waals surface area (Å²) in [7, 11) is 1.77. The van der Waals surface area contributed by atoms with Gasteiger partial charge in [0.25, 0.3) is 5.56 Å². The largest absolute Gasteiger partial charge is 0.340 e. The van der Waals surface area contributed by atoms with Crippen LogP contribution in [-0.4, -0.2) is 33.1 Å². The topological polar surface area (TPSA) is 66.1 Å². The molecule has 0 bridgehead atoms. The third kappa shape index (κ3) is 4.42. The summed E-state index contributed by atoms with van der Waals surface area (Å²) >= 11 is 9.17. The van der Waals surface area contributed by atoms with Gasteiger partial charge in [-0.1, -0.05) is 29.8 Å². The summed E-state index contributed by atoms with van der Waals surface area (Å²) in [6.07, 6.45) is 0. The second-order valence-electron chi connectivity index (χ2n) is 6.71. The highest BCUT2D eigenvalue weighted by atomic mass is 35.5. The molecule has 5 nitrogen and oxygen atoms in total. The number of carbonyl (C=O) groups excluding carboxylic acids is 1. The number of nitrogens with zero attached hydrogens (tertiary/aromatic N) is 2. The molecule has 1 atom stereocenters. The zero-order valence-electron chi connectivity index (χ0n) is 16.2. The van der Waals surface area contributed by atoms with Gasteiger partial charge in [-0.3, -0.25) is 9.59 Å². The number of nitrogens with one attached hydrogen (secondary N) is 1. The second kappa shape index (κ2) is 8.68. The lowest BCUT2D eigenvalue weighted by Gasteiger charge is -2.21. The maximum atomic E-state index is 12.7. The van der Waals surface area contributed by atoms with E-state index >= 15 is 0 Å². The number of aromatic amines is 1. The smallest absolute Gasteiger partial charge is 0.259 e. The van der Waals surface area contributed by atoms with E-state index < -0.39 is 0 Å². The highest BCUT2D eigenvalue weighted by molar-refractivity contribution is 7.99. The van der Waals surface area contributed by atoms with Gasteiger partial charge in [0.2, 0.25) is 5.91 Å². The molecule has 8 heteroatoms. The number of halogens is 1. The second-order valence-corrected chi connectivity index (χ2v) is 9.65. The minimum absolute atomic E-state index is 0.0103. The third-order valence-electron chi connectivity index (χ3n) is 4.65. The number of H-pyrrole nitrogens is 1. The van der Waals surface area contributed by atoms with Gasteiger partial charge < -0.3 is 9.88 Å². The van der Waals surface area contributed by atoms with Crippen LogP contribution in [0.3, 0.4) is 0 Å². The summed E-state index contributed by atoms with van der Waals surface area (Å²) in [4.78, 5) is 36.0. The van der Waals surface area contributed by atoms with Crippen LogP contribution in [0, 0.1) is 13.8 Å². The zero-order chi connectivity index (χ0) is 20.4. The number of thiophene rings is 1. The van der Waals surface area contributed by atoms with Gasteiger partial charge in [0.1, 0.15) is 10.7 Å². The lowest BCUT2D eigenvalue weighted by Crippen LogP contribution is -2.33. The molecule has 2 heterocycles. The van der Waals surface area contributed by atoms with Gasteiger partial charge in [-0.15, -0.1) is 23.1 Å². The van der Waals surface area contributed by atoms with Crippen LogP contribution < -0.4 is 5.56 Å². The summed E-state index contributed by atoms with van der Waals surface area (Å²) in [6, 6.07) is 7.51. The van der Waals surface area contributed by atoms with Crippen LogP contribution in [0.5, 0.6) is 0 Å². The van der Waals surface area contributed by atoms with Gasteiger partial charge in [-0.2, -0.15) is 0 Å². The average Bonchev–Trinajstić information content (AvgIpc) is 2.95. The Morgan fingerprint density at radius 3 is 2.79 bits per heavy atom. The van der Waals surface area contributed by atoms with Gasteiger partial charge in [0.05, 0.1) is 16.4 Å². The zero-order valence-corrected chi connectivity index (χ0v) is 18.6. The average molecular weight is 436 g/mol. The number of amides is 1. The maximum Gasteiger partial charge on any atom is 0.259 e. The van der Waals surface area contributed by atoms with Gasteiger partial charge in [-0.05, 0) is 38.0 Å². The van der Waals surface area contributed by atoms with Crippen molar-refractivity contribution in [1.82, 2.24) is 14.9 Å². The first-order valence-corrected chi connectivity index (χ1v) is 11.1. The lowest BCUT2D eigenvalue weighted by molar-refractivity contribution is -0.129. The molecule has 0 radical (unpaired) electrons. The minimum atomic E-state index is -0.264. The molecule has 0 spiro atoms. The third-order valence-corrected chi connectivity index (χ3v) is 7.26. The molecule has 1 N–H and O–H groups in total. The lowest BCUT2D eigenvalue weighted by atomic mass is 10.2. The van der Waals surface area contributed by atoms with E-state index in [2.05, 4.69) is 9.97 Å². The molecule has 0 saturated carbocycles. The van der Waals surface area contributed by atoms with Gasteiger partial charge in [0.15, 0.2) is 0 Å². The Morgan fingerprint density at radius 2 is 2.07 bits per heavy atom. The number of fused-ring (bicyclic) bond motifs is 1. The Morgan fingerprint density at radius 1 is 1.36 bits per heavy atom. The SMILES string of the molecule is Cc1sc2nc(CSC(C)C(=O)N(C)Cc3ccccc3Cl)[nH]c(=O)c2c1C. The van der Waals surface area contributed by atoms with E-state index in [0.717, 1.165) is 20.8 Å². The predicted molar refractivity (Wildman–Crippen MR) is 118 cm³/mol. The first-order valence-electron chi connectivity index (χ1n) is 8.86. The fraction of sp³-hybridized carbons (Fsp3) is 0.350. The summed E-state index contributed by atoms with van der Waals surface area (Å²) in [5.74, 6) is 1.07. The van der Waals surface area contributed by atoms with Crippen molar-refractivity contribution in [1.29, 1.82) is 0 Å². The standard InChI is InChI=1S/C20H22ClN3O2S2/c1-11-12(2)28-19-17(11)18(25)22-16(23-19)10-27-13(3)20(26)24(4)9-14-7-5-6-8-15(14)21/h5-8,13H,9-10H2,1-4H3,(H,22,23,25). The normalized spacial score (nSPS) is 12.3. The van der Waals surface area contributed by atoms with Gasteiger partial charge in [-0.25, -0.2) is 4.98 Å². The highest BCUT2D eigenvalue weighted by Crippen LogP contribution is 2.27. The maximum absolute atomic E-state index is 12.7. The fourth-order valence-corrected chi connectivity index (χ4v) is 5.02. The molecule has 3 aromatic rings. The van der Waals surface area contributed by atoms with Crippen LogP contribution in [-0.2, 0) is 17.1 Å². The monoisotopic (exact) mass is 435 g/mol. The summed E-state index contributed by atoms with van der Waals surface area (Å²) in [5, 5.41) is 1.05. The van der Waals surface area contributed by atoms with Crippen molar-refractivity contribution in [2.75, 3.05) is 7.05 Å². The minimum Gasteiger partial charge on any atom is -0.340 e. The van der Waals surface area contributed by atoms with E-state index in [9.17, 15) is 9.59 Å². The van der Waals surface area contributed by atoms with Crippen LogP contribution >= 0.6 is 34.7 Å². The first-order chi connectivity index (χ1) is 13.3. The van der Waals surface area contributed by atoms with Gasteiger partial charge >= 0.3 is 0 Å². The molecular formula is C20H22ClN3O2S2. The molecular weight excluding hydrogens is 414 g/mol. The molecule has 1 unspecified atom stereocenters. The molecule has 3 rings (SSSR count). The molecule has 0 aliphatic heterocycles. The van der Waals surface area contributed by atoms with Crippen LogP contribution in [0.1, 0.15) is 28.8 Å². The van der Waals surface area contributed by atoms with Crippen molar-refractivity contribution in [2.24, 2.45) is 0 Å². The molecule has 0 aliphatic rings. The molecule has 2 aromatic heterocycles. The fourth-order valence-electron chi connectivity index (χ4n) is 2.91. The summed E-state index contributed by atoms with van der Waals surface area (Å²) in [5.41, 5.74) is 1.78. The Kier molecular flexibility index (Phi) is 6.47. The van der Waals surface area contributed by atoms with E-state index in [1.165, 1.54) is 23.1 Å². The quantitative estimate of drug-likeness (QED) is 0.617. The van der Waals surface area contributed by atoms with E-state index in [1.807, 2.05) is 45.0 Å². The van der Waals surface area contributed by atoms with Crippen molar-refractivity contribution in [3.8, 4) is 0 Å². The number of rotatable bonds is 6. The van der Waals surface area contributed by atoms with Crippen LogP contribution in [0.2, 0.25) is 5.02 Å². The number of carbonyl (C=O) groups is 1. The van der Waals surface area contributed by atoms with E-state index in [0.29, 0.717) is 28.5 Å². The summed E-state index contributed by atoms with van der Waals surface area (Å²) in [6.45, 7) is 6.25. The highest BCUT2D eigenvalue weighted by Gasteiger charge is 2.20. The van der Waals surface area contributed by atoms with Crippen molar-refractivity contribution in [2.45, 2.75) is 38.3 Å². The molecule has 1 aromatic carbocycles. The molecule has 1 amide bonds. The Hall–Kier alpha value is -1.83. The summed E-state index contributed by atoms with van der Waals surface area (Å²) < 4.78 is 0. The van der Waals surface area contributed by atoms with Crippen LogP contribution in [0.4, 0.5) is 0 Å². The van der Waals surface area contributed by atoms with E-state index in [1.54, 1.807) is 11.9 Å². The van der Waals surface area contributed by atoms with Gasteiger partial charge in [0, 0.05) is 23.5 Å². The Bertz CT molecular complexity index is 1080. The molecule has 148 valence electrons. The van der Waals surface area contributed by atoms with Crippen LogP contribution in [0.15, 0.2) is 29.1 Å². The van der Waals surface area contributed by atoms with Crippen molar-refractivity contribution in [3.05, 3.63) is 61.5 Å². The number of benzene rings is 1. The van der Waals surface area contributed by atoms with E-state index in [4.69, 9.17) is 11.6 Å². The molecule has 0 fully saturated rings. The number of hydrogen-bond donors (Lipinski definition) is 1. The number of aryl methyl sites for hydroxylation is 2. The Balaban J connectivity index is 1.65. The molecule has 28 heavy (non-hydrogen) atoms. The first kappa shape index (κ1) is 20.9. The number of hydrogen-bond acceptors (Lipinski definition) is 5.